The lowest BCUT2D eigenvalue weighted by atomic mass is 10.0. The van der Waals surface area contributed by atoms with Gasteiger partial charge in [0.1, 0.15) is 0 Å². The molecule has 0 fully saturated rings. The first-order chi connectivity index (χ1) is 7.68. The highest BCUT2D eigenvalue weighted by molar-refractivity contribution is 7.09. The molecule has 0 aliphatic heterocycles. The maximum atomic E-state index is 6.42. The molecule has 2 aromatic rings. The van der Waals surface area contributed by atoms with Crippen molar-refractivity contribution in [2.24, 2.45) is 0 Å². The Hall–Kier alpha value is -0.500. The molecule has 0 radical (unpaired) electrons. The predicted molar refractivity (Wildman–Crippen MR) is 72.8 cm³/mol. The third-order valence-corrected chi connectivity index (χ3v) is 4.31. The van der Waals surface area contributed by atoms with Crippen LogP contribution in [0.5, 0.6) is 0 Å². The van der Waals surface area contributed by atoms with Gasteiger partial charge in [-0.15, -0.1) is 22.9 Å². The molecule has 0 amide bonds. The number of hydrogen-bond donors (Lipinski definition) is 0. The molecule has 1 unspecified atom stereocenters. The quantitative estimate of drug-likeness (QED) is 0.670. The van der Waals surface area contributed by atoms with Crippen molar-refractivity contribution < 1.29 is 0 Å². The Kier molecular flexibility index (Phi) is 3.91. The third-order valence-electron chi connectivity index (χ3n) is 2.61. The van der Waals surface area contributed by atoms with Gasteiger partial charge in [-0.2, -0.15) is 0 Å². The Morgan fingerprint density at radius 3 is 2.75 bits per heavy atom. The van der Waals surface area contributed by atoms with Crippen LogP contribution in [0.3, 0.4) is 0 Å². The van der Waals surface area contributed by atoms with E-state index in [-0.39, 0.29) is 5.38 Å². The monoisotopic (exact) mass is 270 g/mol. The second-order valence-electron chi connectivity index (χ2n) is 3.71. The molecule has 2 rings (SSSR count). The average Bonchev–Trinajstić information content (AvgIpc) is 2.74. The van der Waals surface area contributed by atoms with Crippen molar-refractivity contribution in [3.8, 4) is 0 Å². The van der Waals surface area contributed by atoms with Crippen molar-refractivity contribution in [3.63, 3.8) is 0 Å². The number of rotatable bonds is 3. The summed E-state index contributed by atoms with van der Waals surface area (Å²) in [5.41, 5.74) is 2.21. The minimum absolute atomic E-state index is 0.00245. The Labute approximate surface area is 110 Å². The normalized spacial score (nSPS) is 12.7. The van der Waals surface area contributed by atoms with Crippen LogP contribution in [0, 0.1) is 6.92 Å². The number of halogens is 2. The van der Waals surface area contributed by atoms with Gasteiger partial charge in [-0.3, -0.25) is 0 Å². The van der Waals surface area contributed by atoms with E-state index in [1.165, 1.54) is 4.88 Å². The number of hydrogen-bond acceptors (Lipinski definition) is 1. The average molecular weight is 271 g/mol. The van der Waals surface area contributed by atoms with Crippen molar-refractivity contribution in [2.75, 3.05) is 0 Å². The third kappa shape index (κ3) is 2.60. The van der Waals surface area contributed by atoms with E-state index in [0.717, 1.165) is 22.6 Å². The highest BCUT2D eigenvalue weighted by Gasteiger charge is 2.13. The Morgan fingerprint density at radius 1 is 1.25 bits per heavy atom. The summed E-state index contributed by atoms with van der Waals surface area (Å²) < 4.78 is 0. The van der Waals surface area contributed by atoms with Crippen LogP contribution in [0.2, 0.25) is 5.02 Å². The predicted octanol–water partition coefficient (Wildman–Crippen LogP) is 5.23. The first kappa shape index (κ1) is 12.0. The highest BCUT2D eigenvalue weighted by Crippen LogP contribution is 2.31. The summed E-state index contributed by atoms with van der Waals surface area (Å²) in [6.45, 7) is 2.02. The van der Waals surface area contributed by atoms with Crippen LogP contribution in [0.15, 0.2) is 35.7 Å². The van der Waals surface area contributed by atoms with Gasteiger partial charge in [0, 0.05) is 16.3 Å². The van der Waals surface area contributed by atoms with Gasteiger partial charge in [0.2, 0.25) is 0 Å². The van der Waals surface area contributed by atoms with E-state index < -0.39 is 0 Å². The van der Waals surface area contributed by atoms with Crippen molar-refractivity contribution in [1.82, 2.24) is 0 Å². The van der Waals surface area contributed by atoms with Crippen molar-refractivity contribution in [3.05, 3.63) is 56.7 Å². The Balaban J connectivity index is 2.21. The summed E-state index contributed by atoms with van der Waals surface area (Å²) in [7, 11) is 0. The number of alkyl halides is 1. The van der Waals surface area contributed by atoms with Crippen molar-refractivity contribution in [2.45, 2.75) is 18.7 Å². The van der Waals surface area contributed by atoms with Gasteiger partial charge >= 0.3 is 0 Å². The van der Waals surface area contributed by atoms with E-state index in [9.17, 15) is 0 Å². The fourth-order valence-corrected chi connectivity index (χ4v) is 3.11. The number of thiophene rings is 1. The van der Waals surface area contributed by atoms with Gasteiger partial charge in [0.25, 0.3) is 0 Å². The van der Waals surface area contributed by atoms with Crippen molar-refractivity contribution >= 4 is 34.5 Å². The summed E-state index contributed by atoms with van der Waals surface area (Å²) in [5.74, 6) is 0. The lowest BCUT2D eigenvalue weighted by Crippen LogP contribution is -1.97. The second kappa shape index (κ2) is 5.22. The topological polar surface area (TPSA) is 0 Å². The molecule has 0 aliphatic carbocycles. The lowest BCUT2D eigenvalue weighted by Gasteiger charge is -2.12. The van der Waals surface area contributed by atoms with E-state index in [0.29, 0.717) is 0 Å². The minimum atomic E-state index is -0.00245. The molecule has 0 saturated heterocycles. The molecule has 1 aromatic carbocycles. The van der Waals surface area contributed by atoms with Gasteiger partial charge in [0.05, 0.1) is 5.38 Å². The molecule has 3 heteroatoms. The van der Waals surface area contributed by atoms with Crippen LogP contribution in [0.4, 0.5) is 0 Å². The van der Waals surface area contributed by atoms with Gasteiger partial charge in [0.15, 0.2) is 0 Å². The SMILES string of the molecule is Cc1c(Cl)cccc1C(Cl)Cc1cccs1. The Bertz CT molecular complexity index is 463. The van der Waals surface area contributed by atoms with Crippen molar-refractivity contribution in [1.29, 1.82) is 0 Å². The van der Waals surface area contributed by atoms with Crippen LogP contribution < -0.4 is 0 Å². The van der Waals surface area contributed by atoms with Crippen LogP contribution in [-0.4, -0.2) is 0 Å². The number of benzene rings is 1. The smallest absolute Gasteiger partial charge is 0.0636 e. The molecule has 84 valence electrons. The highest BCUT2D eigenvalue weighted by atomic mass is 35.5. The van der Waals surface area contributed by atoms with Gasteiger partial charge in [-0.25, -0.2) is 0 Å². The van der Waals surface area contributed by atoms with Crippen LogP contribution >= 0.6 is 34.5 Å². The fourth-order valence-electron chi connectivity index (χ4n) is 1.68. The van der Waals surface area contributed by atoms with Crippen LogP contribution in [-0.2, 0) is 6.42 Å². The lowest BCUT2D eigenvalue weighted by molar-refractivity contribution is 0.927. The minimum Gasteiger partial charge on any atom is -0.149 e. The van der Waals surface area contributed by atoms with E-state index in [1.54, 1.807) is 11.3 Å². The molecule has 1 atom stereocenters. The van der Waals surface area contributed by atoms with Crippen LogP contribution in [0.1, 0.15) is 21.4 Å². The summed E-state index contributed by atoms with van der Waals surface area (Å²) in [6, 6.07) is 10.1. The summed E-state index contributed by atoms with van der Waals surface area (Å²) in [6.07, 6.45) is 0.862. The molecule has 0 spiro atoms. The van der Waals surface area contributed by atoms with E-state index >= 15 is 0 Å². The summed E-state index contributed by atoms with van der Waals surface area (Å²) >= 11 is 14.2. The first-order valence-corrected chi connectivity index (χ1v) is 6.79. The molecule has 16 heavy (non-hydrogen) atoms. The maximum absolute atomic E-state index is 6.42. The van der Waals surface area contributed by atoms with Gasteiger partial charge in [-0.05, 0) is 35.6 Å². The molecule has 0 nitrogen and oxygen atoms in total. The Morgan fingerprint density at radius 2 is 2.06 bits per heavy atom. The van der Waals surface area contributed by atoms with Gasteiger partial charge < -0.3 is 0 Å². The molecule has 0 aliphatic rings. The zero-order valence-corrected chi connectivity index (χ0v) is 11.2. The molecule has 1 aromatic heterocycles. The standard InChI is InChI=1S/C13H12Cl2S/c1-9-11(5-2-6-12(9)14)13(15)8-10-4-3-7-16-10/h2-7,13H,8H2,1H3. The van der Waals surface area contributed by atoms with E-state index in [1.807, 2.05) is 25.1 Å². The molecular formula is C13H12Cl2S. The summed E-state index contributed by atoms with van der Waals surface area (Å²) in [4.78, 5) is 1.30. The molecule has 0 saturated carbocycles. The van der Waals surface area contributed by atoms with Crippen LogP contribution in [0.25, 0.3) is 0 Å². The van der Waals surface area contributed by atoms with E-state index in [2.05, 4.69) is 17.5 Å². The molecular weight excluding hydrogens is 259 g/mol. The fraction of sp³-hybridized carbons (Fsp3) is 0.231. The zero-order chi connectivity index (χ0) is 11.5. The largest absolute Gasteiger partial charge is 0.149 e. The molecule has 0 bridgehead atoms. The van der Waals surface area contributed by atoms with Gasteiger partial charge in [-0.1, -0.05) is 29.8 Å². The molecule has 0 N–H and O–H groups in total. The summed E-state index contributed by atoms with van der Waals surface area (Å²) in [5, 5.41) is 2.86. The molecule has 1 heterocycles. The second-order valence-corrected chi connectivity index (χ2v) is 5.67. The van der Waals surface area contributed by atoms with E-state index in [4.69, 9.17) is 23.2 Å². The first-order valence-electron chi connectivity index (χ1n) is 5.10. The zero-order valence-electron chi connectivity index (χ0n) is 8.91. The maximum Gasteiger partial charge on any atom is 0.0636 e.